The zero-order valence-electron chi connectivity index (χ0n) is 15.7. The van der Waals surface area contributed by atoms with E-state index in [2.05, 4.69) is 15.5 Å². The van der Waals surface area contributed by atoms with Crippen molar-refractivity contribution in [2.75, 3.05) is 13.7 Å². The van der Waals surface area contributed by atoms with Gasteiger partial charge in [-0.05, 0) is 30.9 Å². The highest BCUT2D eigenvalue weighted by atomic mass is 16.5. The molecule has 3 rings (SSSR count). The lowest BCUT2D eigenvalue weighted by Gasteiger charge is -2.15. The van der Waals surface area contributed by atoms with Crippen molar-refractivity contribution in [2.45, 2.75) is 25.9 Å². The Morgan fingerprint density at radius 1 is 1.33 bits per heavy atom. The number of aryl methyl sites for hydroxylation is 2. The summed E-state index contributed by atoms with van der Waals surface area (Å²) in [6, 6.07) is 8.70. The van der Waals surface area contributed by atoms with E-state index in [1.807, 2.05) is 35.8 Å². The minimum Gasteiger partial charge on any atom is -0.385 e. The molecule has 3 aromatic rings. The van der Waals surface area contributed by atoms with Crippen molar-refractivity contribution in [1.29, 1.82) is 0 Å². The van der Waals surface area contributed by atoms with Gasteiger partial charge in [0.25, 0.3) is 11.5 Å². The van der Waals surface area contributed by atoms with E-state index >= 15 is 0 Å². The predicted molar refractivity (Wildman–Crippen MR) is 102 cm³/mol. The van der Waals surface area contributed by atoms with Crippen LogP contribution in [0.1, 0.15) is 35.6 Å². The molecule has 0 saturated carbocycles. The van der Waals surface area contributed by atoms with Crippen LogP contribution >= 0.6 is 0 Å². The first-order valence-electron chi connectivity index (χ1n) is 8.79. The van der Waals surface area contributed by atoms with Crippen LogP contribution < -0.4 is 10.9 Å². The first-order valence-corrected chi connectivity index (χ1v) is 8.79. The number of aromatic nitrogens is 4. The molecule has 0 aliphatic rings. The summed E-state index contributed by atoms with van der Waals surface area (Å²) in [5.41, 5.74) is 0.554. The molecule has 2 heterocycles. The number of amides is 1. The first kappa shape index (κ1) is 18.8. The van der Waals surface area contributed by atoms with Crippen molar-refractivity contribution >= 4 is 16.8 Å². The van der Waals surface area contributed by atoms with Crippen LogP contribution in [0.3, 0.4) is 0 Å². The number of para-hydroxylation sites is 1. The Bertz CT molecular complexity index is 1010. The highest BCUT2D eigenvalue weighted by molar-refractivity contribution is 5.97. The van der Waals surface area contributed by atoms with E-state index < -0.39 is 11.9 Å². The lowest BCUT2D eigenvalue weighted by molar-refractivity contribution is 0.0935. The fourth-order valence-corrected chi connectivity index (χ4v) is 3.07. The normalized spacial score (nSPS) is 12.3. The van der Waals surface area contributed by atoms with E-state index in [9.17, 15) is 9.59 Å². The van der Waals surface area contributed by atoms with E-state index in [0.29, 0.717) is 19.0 Å². The first-order chi connectivity index (χ1) is 13.0. The molecule has 1 unspecified atom stereocenters. The molecule has 0 fully saturated rings. The molecule has 0 radical (unpaired) electrons. The molecule has 8 heteroatoms. The Balaban J connectivity index is 1.82. The van der Waals surface area contributed by atoms with Crippen molar-refractivity contribution in [3.8, 4) is 0 Å². The topological polar surface area (TPSA) is 91.0 Å². The zero-order chi connectivity index (χ0) is 19.4. The minimum absolute atomic E-state index is 0.105. The van der Waals surface area contributed by atoms with Gasteiger partial charge in [0.15, 0.2) is 5.82 Å². The van der Waals surface area contributed by atoms with E-state index in [1.54, 1.807) is 26.6 Å². The van der Waals surface area contributed by atoms with Gasteiger partial charge < -0.3 is 19.2 Å². The summed E-state index contributed by atoms with van der Waals surface area (Å²) in [4.78, 5) is 25.3. The maximum atomic E-state index is 12.7. The molecule has 0 spiro atoms. The van der Waals surface area contributed by atoms with E-state index in [0.717, 1.165) is 17.3 Å². The van der Waals surface area contributed by atoms with Gasteiger partial charge in [-0.1, -0.05) is 18.2 Å². The Labute approximate surface area is 156 Å². The molecule has 0 aliphatic carbocycles. The number of rotatable bonds is 7. The molecule has 27 heavy (non-hydrogen) atoms. The van der Waals surface area contributed by atoms with Crippen LogP contribution in [0, 0.1) is 0 Å². The summed E-state index contributed by atoms with van der Waals surface area (Å²) in [5.74, 6) is 0.206. The lowest BCUT2D eigenvalue weighted by Crippen LogP contribution is -2.34. The molecule has 1 amide bonds. The van der Waals surface area contributed by atoms with Gasteiger partial charge in [-0.15, -0.1) is 10.2 Å². The highest BCUT2D eigenvalue weighted by Gasteiger charge is 2.19. The Hall–Kier alpha value is -3.00. The highest BCUT2D eigenvalue weighted by Crippen LogP contribution is 2.14. The van der Waals surface area contributed by atoms with Crippen LogP contribution in [0.4, 0.5) is 0 Å². The van der Waals surface area contributed by atoms with Crippen molar-refractivity contribution in [1.82, 2.24) is 24.6 Å². The number of pyridine rings is 1. The van der Waals surface area contributed by atoms with Gasteiger partial charge in [0.1, 0.15) is 11.9 Å². The third-order valence-electron chi connectivity index (χ3n) is 4.51. The Morgan fingerprint density at radius 2 is 2.11 bits per heavy atom. The maximum absolute atomic E-state index is 12.7. The Morgan fingerprint density at radius 3 is 2.89 bits per heavy atom. The van der Waals surface area contributed by atoms with Gasteiger partial charge in [-0.25, -0.2) is 0 Å². The van der Waals surface area contributed by atoms with Crippen LogP contribution in [0.15, 0.2) is 41.5 Å². The molecule has 0 aliphatic heterocycles. The summed E-state index contributed by atoms with van der Waals surface area (Å²) in [6.45, 7) is 3.14. The zero-order valence-corrected chi connectivity index (χ0v) is 15.7. The van der Waals surface area contributed by atoms with Crippen LogP contribution in [-0.2, 0) is 18.3 Å². The van der Waals surface area contributed by atoms with Crippen LogP contribution in [0.25, 0.3) is 10.9 Å². The number of methoxy groups -OCH3 is 1. The molecule has 1 atom stereocenters. The van der Waals surface area contributed by atoms with Crippen LogP contribution in [0.2, 0.25) is 0 Å². The monoisotopic (exact) mass is 369 g/mol. The van der Waals surface area contributed by atoms with Crippen LogP contribution in [0.5, 0.6) is 0 Å². The average molecular weight is 369 g/mol. The second-order valence-electron chi connectivity index (χ2n) is 6.41. The molecule has 1 aromatic carbocycles. The number of nitrogens with zero attached hydrogens (tertiary/aromatic N) is 4. The summed E-state index contributed by atoms with van der Waals surface area (Å²) in [6.07, 6.45) is 2.44. The van der Waals surface area contributed by atoms with Crippen molar-refractivity contribution in [3.05, 3.63) is 58.4 Å². The number of fused-ring (bicyclic) bond motifs is 1. The predicted octanol–water partition coefficient (Wildman–Crippen LogP) is 1.66. The molecule has 0 bridgehead atoms. The number of ether oxygens (including phenoxy) is 1. The third-order valence-corrected chi connectivity index (χ3v) is 4.51. The van der Waals surface area contributed by atoms with Gasteiger partial charge >= 0.3 is 0 Å². The number of nitrogens with one attached hydrogen (secondary N) is 1. The molecule has 142 valence electrons. The van der Waals surface area contributed by atoms with Crippen molar-refractivity contribution < 1.29 is 9.53 Å². The van der Waals surface area contributed by atoms with E-state index in [-0.39, 0.29) is 11.1 Å². The standard InChI is InChI=1S/C19H23N5O3/c1-13(17-22-20-12-24(17)9-6-10-27-3)21-18(25)15-11-14-7-4-5-8-16(14)23(2)19(15)26/h4-5,7-8,11-13H,6,9-10H2,1-3H3,(H,21,25). The molecule has 8 nitrogen and oxygen atoms in total. The number of benzene rings is 1. The molecular formula is C19H23N5O3. The molecule has 1 N–H and O–H groups in total. The van der Waals surface area contributed by atoms with Crippen LogP contribution in [-0.4, -0.2) is 39.0 Å². The fourth-order valence-electron chi connectivity index (χ4n) is 3.07. The van der Waals surface area contributed by atoms with E-state index in [4.69, 9.17) is 4.74 Å². The smallest absolute Gasteiger partial charge is 0.263 e. The maximum Gasteiger partial charge on any atom is 0.263 e. The van der Waals surface area contributed by atoms with Crippen molar-refractivity contribution in [3.63, 3.8) is 0 Å². The minimum atomic E-state index is -0.430. The summed E-state index contributed by atoms with van der Waals surface area (Å²) >= 11 is 0. The summed E-state index contributed by atoms with van der Waals surface area (Å²) in [7, 11) is 3.32. The van der Waals surface area contributed by atoms with Gasteiger partial charge in [-0.3, -0.25) is 9.59 Å². The average Bonchev–Trinajstić information content (AvgIpc) is 3.13. The lowest BCUT2D eigenvalue weighted by atomic mass is 10.1. The van der Waals surface area contributed by atoms with Crippen molar-refractivity contribution in [2.24, 2.45) is 7.05 Å². The molecular weight excluding hydrogens is 346 g/mol. The largest absolute Gasteiger partial charge is 0.385 e. The van der Waals surface area contributed by atoms with Gasteiger partial charge in [0.05, 0.1) is 11.6 Å². The summed E-state index contributed by atoms with van der Waals surface area (Å²) < 4.78 is 8.43. The van der Waals surface area contributed by atoms with E-state index in [1.165, 1.54) is 4.57 Å². The summed E-state index contributed by atoms with van der Waals surface area (Å²) in [5, 5.41) is 11.7. The van der Waals surface area contributed by atoms with Gasteiger partial charge in [-0.2, -0.15) is 0 Å². The quantitative estimate of drug-likeness (QED) is 0.640. The Kier molecular flexibility index (Phi) is 5.66. The number of carbonyl (C=O) groups excluding carboxylic acids is 1. The molecule has 0 saturated heterocycles. The number of carbonyl (C=O) groups is 1. The number of hydrogen-bond donors (Lipinski definition) is 1. The van der Waals surface area contributed by atoms with Gasteiger partial charge in [0, 0.05) is 27.3 Å². The fraction of sp³-hybridized carbons (Fsp3) is 0.368. The SMILES string of the molecule is COCCCn1cnnc1C(C)NC(=O)c1cc2ccccc2n(C)c1=O. The third kappa shape index (κ3) is 3.90. The molecule has 2 aromatic heterocycles. The van der Waals surface area contributed by atoms with Gasteiger partial charge in [0.2, 0.25) is 0 Å². The second-order valence-corrected chi connectivity index (χ2v) is 6.41. The number of hydrogen-bond acceptors (Lipinski definition) is 5. The second kappa shape index (κ2) is 8.13.